The van der Waals surface area contributed by atoms with Crippen molar-refractivity contribution >= 4 is 17.4 Å². The predicted molar refractivity (Wildman–Crippen MR) is 108 cm³/mol. The minimum absolute atomic E-state index is 0.0621. The maximum atomic E-state index is 13.0. The summed E-state index contributed by atoms with van der Waals surface area (Å²) in [6, 6.07) is 10.5. The molecule has 2 aromatic carbocycles. The lowest BCUT2D eigenvalue weighted by molar-refractivity contribution is 0.103. The molecule has 0 radical (unpaired) electrons. The normalized spacial score (nSPS) is 11.8. The van der Waals surface area contributed by atoms with Gasteiger partial charge < -0.3 is 5.11 Å². The number of ketones is 1. The molecule has 0 aliphatic rings. The van der Waals surface area contributed by atoms with Crippen LogP contribution in [-0.2, 0) is 12.0 Å². The van der Waals surface area contributed by atoms with Crippen molar-refractivity contribution in [2.24, 2.45) is 0 Å². The third-order valence-corrected chi connectivity index (χ3v) is 4.91. The monoisotopic (exact) mass is 373 g/mol. The number of rotatable bonds is 6. The molecule has 140 valence electrons. The number of hydrogen-bond acceptors (Lipinski definition) is 3. The SMILES string of the molecule is CCN(CC)Cc1cc(C(=O)c2ccc(Cl)cc2)cc(C(C)(C)C)c1O. The van der Waals surface area contributed by atoms with Gasteiger partial charge in [-0.3, -0.25) is 9.69 Å². The van der Waals surface area contributed by atoms with Crippen LogP contribution in [0.4, 0.5) is 0 Å². The molecule has 0 aliphatic heterocycles. The van der Waals surface area contributed by atoms with E-state index in [1.165, 1.54) is 0 Å². The molecule has 0 heterocycles. The number of hydrogen-bond donors (Lipinski definition) is 1. The van der Waals surface area contributed by atoms with Gasteiger partial charge in [0, 0.05) is 33.8 Å². The highest BCUT2D eigenvalue weighted by Crippen LogP contribution is 2.35. The summed E-state index contributed by atoms with van der Waals surface area (Å²) >= 11 is 5.93. The Kier molecular flexibility index (Phi) is 6.48. The van der Waals surface area contributed by atoms with Crippen molar-refractivity contribution in [3.8, 4) is 5.75 Å². The summed E-state index contributed by atoms with van der Waals surface area (Å²) in [4.78, 5) is 15.2. The number of phenols is 1. The Hall–Kier alpha value is -1.84. The van der Waals surface area contributed by atoms with Crippen molar-refractivity contribution in [1.82, 2.24) is 4.90 Å². The van der Waals surface area contributed by atoms with E-state index in [9.17, 15) is 9.90 Å². The molecule has 0 bridgehead atoms. The maximum Gasteiger partial charge on any atom is 0.193 e. The van der Waals surface area contributed by atoms with Gasteiger partial charge in [0.05, 0.1) is 0 Å². The number of nitrogens with zero attached hydrogens (tertiary/aromatic N) is 1. The molecule has 0 saturated heterocycles. The van der Waals surface area contributed by atoms with Crippen LogP contribution in [0, 0.1) is 0 Å². The van der Waals surface area contributed by atoms with Gasteiger partial charge in [-0.25, -0.2) is 0 Å². The van der Waals surface area contributed by atoms with E-state index in [0.29, 0.717) is 22.7 Å². The second-order valence-electron chi connectivity index (χ2n) is 7.58. The number of halogens is 1. The Morgan fingerprint density at radius 3 is 2.12 bits per heavy atom. The lowest BCUT2D eigenvalue weighted by Gasteiger charge is -2.25. The van der Waals surface area contributed by atoms with Crippen molar-refractivity contribution in [1.29, 1.82) is 0 Å². The fourth-order valence-corrected chi connectivity index (χ4v) is 3.10. The minimum Gasteiger partial charge on any atom is -0.507 e. The number of aromatic hydroxyl groups is 1. The molecule has 0 aromatic heterocycles. The summed E-state index contributed by atoms with van der Waals surface area (Å²) < 4.78 is 0. The van der Waals surface area contributed by atoms with Gasteiger partial charge >= 0.3 is 0 Å². The molecule has 0 unspecified atom stereocenters. The molecular weight excluding hydrogens is 346 g/mol. The molecular formula is C22H28ClNO2. The molecule has 26 heavy (non-hydrogen) atoms. The average Bonchev–Trinajstić information content (AvgIpc) is 2.60. The number of benzene rings is 2. The first kappa shape index (κ1) is 20.5. The summed E-state index contributed by atoms with van der Waals surface area (Å²) in [5.74, 6) is 0.227. The number of carbonyl (C=O) groups is 1. The second-order valence-corrected chi connectivity index (χ2v) is 8.02. The van der Waals surface area contributed by atoms with E-state index in [0.717, 1.165) is 24.2 Å². The third kappa shape index (κ3) is 4.66. The van der Waals surface area contributed by atoms with Gasteiger partial charge in [0.1, 0.15) is 5.75 Å². The Morgan fingerprint density at radius 2 is 1.62 bits per heavy atom. The first-order valence-corrected chi connectivity index (χ1v) is 9.44. The average molecular weight is 374 g/mol. The van der Waals surface area contributed by atoms with Crippen molar-refractivity contribution in [2.45, 2.75) is 46.6 Å². The Balaban J connectivity index is 2.54. The van der Waals surface area contributed by atoms with Gasteiger partial charge in [0.2, 0.25) is 0 Å². The standard InChI is InChI=1S/C22H28ClNO2/c1-6-24(7-2)14-17-12-16(13-19(21(17)26)22(3,4)5)20(25)15-8-10-18(23)11-9-15/h8-13,26H,6-7,14H2,1-5H3. The van der Waals surface area contributed by atoms with Crippen molar-refractivity contribution < 1.29 is 9.90 Å². The zero-order valence-corrected chi connectivity index (χ0v) is 17.0. The number of carbonyl (C=O) groups excluding carboxylic acids is 1. The molecule has 0 fully saturated rings. The molecule has 2 aromatic rings. The fourth-order valence-electron chi connectivity index (χ4n) is 2.97. The van der Waals surface area contributed by atoms with Crippen LogP contribution < -0.4 is 0 Å². The first-order chi connectivity index (χ1) is 12.2. The van der Waals surface area contributed by atoms with Crippen molar-refractivity contribution in [2.75, 3.05) is 13.1 Å². The van der Waals surface area contributed by atoms with Gasteiger partial charge in [-0.15, -0.1) is 0 Å². The van der Waals surface area contributed by atoms with Crippen LogP contribution in [0.3, 0.4) is 0 Å². The topological polar surface area (TPSA) is 40.5 Å². The van der Waals surface area contributed by atoms with Crippen LogP contribution in [0.15, 0.2) is 36.4 Å². The molecule has 1 N–H and O–H groups in total. The van der Waals surface area contributed by atoms with E-state index in [2.05, 4.69) is 18.7 Å². The molecule has 0 atom stereocenters. The highest BCUT2D eigenvalue weighted by molar-refractivity contribution is 6.30. The van der Waals surface area contributed by atoms with Gasteiger partial charge in [-0.2, -0.15) is 0 Å². The Labute approximate surface area is 161 Å². The van der Waals surface area contributed by atoms with E-state index in [1.54, 1.807) is 24.3 Å². The fraction of sp³-hybridized carbons (Fsp3) is 0.409. The highest BCUT2D eigenvalue weighted by atomic mass is 35.5. The van der Waals surface area contributed by atoms with Crippen LogP contribution in [0.2, 0.25) is 5.02 Å². The predicted octanol–water partition coefficient (Wildman–Crippen LogP) is 5.42. The lowest BCUT2D eigenvalue weighted by Crippen LogP contribution is -2.23. The Bertz CT molecular complexity index is 772. The van der Waals surface area contributed by atoms with Crippen LogP contribution in [0.1, 0.15) is 61.7 Å². The second kappa shape index (κ2) is 8.24. The summed E-state index contributed by atoms with van der Waals surface area (Å²) in [5.41, 5.74) is 2.50. The van der Waals surface area contributed by atoms with Crippen LogP contribution in [0.5, 0.6) is 5.75 Å². The zero-order chi connectivity index (χ0) is 19.5. The Morgan fingerprint density at radius 1 is 1.04 bits per heavy atom. The quantitative estimate of drug-likeness (QED) is 0.687. The van der Waals surface area contributed by atoms with E-state index in [4.69, 9.17) is 11.6 Å². The molecule has 0 spiro atoms. The van der Waals surface area contributed by atoms with Crippen LogP contribution >= 0.6 is 11.6 Å². The van der Waals surface area contributed by atoms with E-state index >= 15 is 0 Å². The van der Waals surface area contributed by atoms with E-state index in [-0.39, 0.29) is 16.9 Å². The summed E-state index contributed by atoms with van der Waals surface area (Å²) in [7, 11) is 0. The smallest absolute Gasteiger partial charge is 0.193 e. The minimum atomic E-state index is -0.265. The largest absolute Gasteiger partial charge is 0.507 e. The lowest BCUT2D eigenvalue weighted by atomic mass is 9.83. The van der Waals surface area contributed by atoms with Crippen LogP contribution in [0.25, 0.3) is 0 Å². The molecule has 3 nitrogen and oxygen atoms in total. The highest BCUT2D eigenvalue weighted by Gasteiger charge is 2.24. The van der Waals surface area contributed by atoms with Crippen molar-refractivity contribution in [3.63, 3.8) is 0 Å². The molecule has 0 amide bonds. The summed E-state index contributed by atoms with van der Waals surface area (Å²) in [6.45, 7) is 12.7. The molecule has 0 saturated carbocycles. The number of phenolic OH excluding ortho intramolecular Hbond substituents is 1. The van der Waals surface area contributed by atoms with Gasteiger partial charge in [-0.05, 0) is 54.9 Å². The molecule has 0 aliphatic carbocycles. The third-order valence-electron chi connectivity index (χ3n) is 4.65. The van der Waals surface area contributed by atoms with Gasteiger partial charge in [-0.1, -0.05) is 46.2 Å². The zero-order valence-electron chi connectivity index (χ0n) is 16.3. The molecule has 2 rings (SSSR count). The van der Waals surface area contributed by atoms with Gasteiger partial charge in [0.15, 0.2) is 5.78 Å². The summed E-state index contributed by atoms with van der Waals surface area (Å²) in [5, 5.41) is 11.4. The van der Waals surface area contributed by atoms with E-state index in [1.807, 2.05) is 32.9 Å². The van der Waals surface area contributed by atoms with E-state index < -0.39 is 0 Å². The van der Waals surface area contributed by atoms with Gasteiger partial charge in [0.25, 0.3) is 0 Å². The first-order valence-electron chi connectivity index (χ1n) is 9.06. The van der Waals surface area contributed by atoms with Crippen molar-refractivity contribution in [3.05, 3.63) is 63.7 Å². The molecule has 4 heteroatoms. The van der Waals surface area contributed by atoms with Crippen LogP contribution in [-0.4, -0.2) is 28.9 Å². The summed E-state index contributed by atoms with van der Waals surface area (Å²) in [6.07, 6.45) is 0. The maximum absolute atomic E-state index is 13.0.